The molecule has 8 heteroatoms. The van der Waals surface area contributed by atoms with E-state index in [9.17, 15) is 14.9 Å². The Morgan fingerprint density at radius 3 is 2.78 bits per heavy atom. The van der Waals surface area contributed by atoms with Gasteiger partial charge in [-0.3, -0.25) is 30.9 Å². The molecule has 3 N–H and O–H groups in total. The molecule has 18 heavy (non-hydrogen) atoms. The number of amides is 1. The molecule has 0 saturated carbocycles. The van der Waals surface area contributed by atoms with E-state index in [2.05, 4.69) is 21.0 Å². The zero-order chi connectivity index (χ0) is 13.0. The third-order valence-electron chi connectivity index (χ3n) is 2.16. The van der Waals surface area contributed by atoms with Crippen molar-refractivity contribution in [1.29, 1.82) is 0 Å². The number of hydrogen-bond donors (Lipinski definition) is 3. The Morgan fingerprint density at radius 1 is 1.33 bits per heavy atom. The fourth-order valence-corrected chi connectivity index (χ4v) is 1.31. The van der Waals surface area contributed by atoms with Gasteiger partial charge in [0.2, 0.25) is 0 Å². The first-order valence-electron chi connectivity index (χ1n) is 4.97. The molecule has 2 aromatic rings. The predicted octanol–water partition coefficient (Wildman–Crippen LogP) is 1.07. The first-order chi connectivity index (χ1) is 8.68. The molecule has 1 aromatic heterocycles. The van der Waals surface area contributed by atoms with Gasteiger partial charge in [-0.1, -0.05) is 12.1 Å². The monoisotopic (exact) mass is 247 g/mol. The van der Waals surface area contributed by atoms with Crippen LogP contribution in [0.15, 0.2) is 36.5 Å². The van der Waals surface area contributed by atoms with Crippen molar-refractivity contribution in [2.75, 3.05) is 5.43 Å². The lowest BCUT2D eigenvalue weighted by Gasteiger charge is -2.07. The Hall–Kier alpha value is -2.90. The van der Waals surface area contributed by atoms with E-state index in [0.29, 0.717) is 0 Å². The van der Waals surface area contributed by atoms with E-state index in [1.807, 2.05) is 0 Å². The number of anilines is 1. The number of benzene rings is 1. The molecule has 0 aliphatic carbocycles. The number of nitro groups is 1. The molecule has 92 valence electrons. The van der Waals surface area contributed by atoms with Gasteiger partial charge in [0.05, 0.1) is 4.92 Å². The maximum Gasteiger partial charge on any atom is 0.294 e. The summed E-state index contributed by atoms with van der Waals surface area (Å²) in [4.78, 5) is 21.7. The fraction of sp³-hybridized carbons (Fsp3) is 0. The van der Waals surface area contributed by atoms with Crippen LogP contribution in [0, 0.1) is 10.1 Å². The number of para-hydroxylation sites is 2. The highest BCUT2D eigenvalue weighted by Gasteiger charge is 2.13. The van der Waals surface area contributed by atoms with Gasteiger partial charge in [0, 0.05) is 12.3 Å². The summed E-state index contributed by atoms with van der Waals surface area (Å²) < 4.78 is 0. The number of hydrazine groups is 1. The van der Waals surface area contributed by atoms with Gasteiger partial charge in [0.25, 0.3) is 11.6 Å². The van der Waals surface area contributed by atoms with Crippen molar-refractivity contribution < 1.29 is 9.72 Å². The van der Waals surface area contributed by atoms with Crippen molar-refractivity contribution in [2.24, 2.45) is 0 Å². The smallest absolute Gasteiger partial charge is 0.292 e. The van der Waals surface area contributed by atoms with Crippen LogP contribution < -0.4 is 10.9 Å². The van der Waals surface area contributed by atoms with Crippen LogP contribution in [-0.4, -0.2) is 21.0 Å². The van der Waals surface area contributed by atoms with Gasteiger partial charge in [0.15, 0.2) is 0 Å². The molecule has 1 amide bonds. The molecule has 0 atom stereocenters. The summed E-state index contributed by atoms with van der Waals surface area (Å²) in [6.45, 7) is 0. The van der Waals surface area contributed by atoms with Crippen LogP contribution in [0.5, 0.6) is 0 Å². The summed E-state index contributed by atoms with van der Waals surface area (Å²) in [6, 6.07) is 7.48. The van der Waals surface area contributed by atoms with Crippen LogP contribution >= 0.6 is 0 Å². The standard InChI is InChI=1S/C10H9N5O3/c16-10(8-5-6-11-12-8)14-13-7-3-1-2-4-9(7)15(17)18/h1-6,13H,(H,11,12)(H,14,16). The van der Waals surface area contributed by atoms with Gasteiger partial charge in [-0.2, -0.15) is 5.10 Å². The number of aromatic amines is 1. The van der Waals surface area contributed by atoms with E-state index in [1.54, 1.807) is 12.1 Å². The largest absolute Gasteiger partial charge is 0.294 e. The highest BCUT2D eigenvalue weighted by atomic mass is 16.6. The summed E-state index contributed by atoms with van der Waals surface area (Å²) in [7, 11) is 0. The molecule has 0 fully saturated rings. The molecule has 0 saturated heterocycles. The number of hydrogen-bond acceptors (Lipinski definition) is 5. The van der Waals surface area contributed by atoms with Crippen molar-refractivity contribution in [3.8, 4) is 0 Å². The Bertz CT molecular complexity index is 567. The van der Waals surface area contributed by atoms with Gasteiger partial charge < -0.3 is 0 Å². The number of nitrogens with one attached hydrogen (secondary N) is 3. The van der Waals surface area contributed by atoms with Crippen molar-refractivity contribution in [3.05, 3.63) is 52.3 Å². The summed E-state index contributed by atoms with van der Waals surface area (Å²) >= 11 is 0. The Balaban J connectivity index is 2.07. The zero-order valence-electron chi connectivity index (χ0n) is 9.08. The lowest BCUT2D eigenvalue weighted by molar-refractivity contribution is -0.384. The molecule has 2 rings (SSSR count). The minimum atomic E-state index is -0.537. The lowest BCUT2D eigenvalue weighted by atomic mass is 10.3. The van der Waals surface area contributed by atoms with Crippen LogP contribution in [0.3, 0.4) is 0 Å². The van der Waals surface area contributed by atoms with E-state index in [-0.39, 0.29) is 17.1 Å². The Kier molecular flexibility index (Phi) is 3.19. The van der Waals surface area contributed by atoms with Gasteiger partial charge >= 0.3 is 0 Å². The molecule has 0 aliphatic rings. The highest BCUT2D eigenvalue weighted by molar-refractivity contribution is 5.93. The molecular weight excluding hydrogens is 238 g/mol. The number of carbonyl (C=O) groups excluding carboxylic acids is 1. The number of aromatic nitrogens is 2. The van der Waals surface area contributed by atoms with E-state index in [4.69, 9.17) is 0 Å². The molecular formula is C10H9N5O3. The normalized spacial score (nSPS) is 9.78. The number of carbonyl (C=O) groups is 1. The maximum absolute atomic E-state index is 11.5. The molecule has 0 radical (unpaired) electrons. The van der Waals surface area contributed by atoms with Crippen LogP contribution in [0.2, 0.25) is 0 Å². The van der Waals surface area contributed by atoms with Gasteiger partial charge in [-0.25, -0.2) is 0 Å². The number of rotatable bonds is 4. The Morgan fingerprint density at radius 2 is 2.11 bits per heavy atom. The summed E-state index contributed by atoms with van der Waals surface area (Å²) in [6.07, 6.45) is 1.43. The topological polar surface area (TPSA) is 113 Å². The van der Waals surface area contributed by atoms with E-state index >= 15 is 0 Å². The second kappa shape index (κ2) is 4.95. The second-order valence-corrected chi connectivity index (χ2v) is 3.32. The Labute approximate surface area is 101 Å². The van der Waals surface area contributed by atoms with Crippen LogP contribution in [0.4, 0.5) is 11.4 Å². The van der Waals surface area contributed by atoms with Crippen LogP contribution in [0.1, 0.15) is 10.5 Å². The molecule has 1 heterocycles. The number of H-pyrrole nitrogens is 1. The average Bonchev–Trinajstić information content (AvgIpc) is 2.90. The van der Waals surface area contributed by atoms with Crippen molar-refractivity contribution in [2.45, 2.75) is 0 Å². The predicted molar refractivity (Wildman–Crippen MR) is 62.8 cm³/mol. The minimum absolute atomic E-state index is 0.123. The quantitative estimate of drug-likeness (QED) is 0.552. The zero-order valence-corrected chi connectivity index (χ0v) is 9.08. The van der Waals surface area contributed by atoms with Crippen molar-refractivity contribution in [3.63, 3.8) is 0 Å². The van der Waals surface area contributed by atoms with Crippen molar-refractivity contribution in [1.82, 2.24) is 15.6 Å². The van der Waals surface area contributed by atoms with E-state index < -0.39 is 10.8 Å². The first kappa shape index (κ1) is 11.6. The van der Waals surface area contributed by atoms with Crippen LogP contribution in [0.25, 0.3) is 0 Å². The molecule has 8 nitrogen and oxygen atoms in total. The van der Waals surface area contributed by atoms with E-state index in [1.165, 1.54) is 24.4 Å². The number of nitrogens with zero attached hydrogens (tertiary/aromatic N) is 2. The number of nitro benzene ring substituents is 1. The molecule has 1 aromatic carbocycles. The second-order valence-electron chi connectivity index (χ2n) is 3.32. The lowest BCUT2D eigenvalue weighted by Crippen LogP contribution is -2.29. The van der Waals surface area contributed by atoms with Crippen LogP contribution in [-0.2, 0) is 0 Å². The molecule has 0 bridgehead atoms. The van der Waals surface area contributed by atoms with Gasteiger partial charge in [-0.15, -0.1) is 0 Å². The minimum Gasteiger partial charge on any atom is -0.292 e. The molecule has 0 spiro atoms. The third-order valence-corrected chi connectivity index (χ3v) is 2.16. The van der Waals surface area contributed by atoms with Gasteiger partial charge in [-0.05, 0) is 12.1 Å². The van der Waals surface area contributed by atoms with E-state index in [0.717, 1.165) is 0 Å². The summed E-state index contributed by atoms with van der Waals surface area (Å²) in [5, 5.41) is 16.8. The van der Waals surface area contributed by atoms with Crippen molar-refractivity contribution >= 4 is 17.3 Å². The molecule has 0 aliphatic heterocycles. The average molecular weight is 247 g/mol. The highest BCUT2D eigenvalue weighted by Crippen LogP contribution is 2.22. The first-order valence-corrected chi connectivity index (χ1v) is 4.97. The SMILES string of the molecule is O=C(NNc1ccccc1[N+](=O)[O-])c1ccn[nH]1. The third kappa shape index (κ3) is 2.43. The molecule has 0 unspecified atom stereocenters. The fourth-order valence-electron chi connectivity index (χ4n) is 1.31. The summed E-state index contributed by atoms with van der Waals surface area (Å²) in [5.74, 6) is -0.467. The maximum atomic E-state index is 11.5. The summed E-state index contributed by atoms with van der Waals surface area (Å²) in [5.41, 5.74) is 5.16. The van der Waals surface area contributed by atoms with Gasteiger partial charge in [0.1, 0.15) is 11.4 Å².